The minimum absolute atomic E-state index is 0.0883. The third-order valence-electron chi connectivity index (χ3n) is 3.26. The Hall–Kier alpha value is -3.35. The number of benzene rings is 2. The monoisotopic (exact) mass is 343 g/mol. The van der Waals surface area contributed by atoms with Gasteiger partial charge in [-0.2, -0.15) is 0 Å². The van der Waals surface area contributed by atoms with Crippen LogP contribution in [0.5, 0.6) is 0 Å². The molecule has 0 aliphatic rings. The molecule has 0 spiro atoms. The van der Waals surface area contributed by atoms with Gasteiger partial charge in [0.2, 0.25) is 5.89 Å². The number of hydrogen-bond donors (Lipinski definition) is 0. The van der Waals surface area contributed by atoms with Gasteiger partial charge in [0.05, 0.1) is 0 Å². The fraction of sp³-hybridized carbons (Fsp3) is 0.0556. The molecule has 0 saturated heterocycles. The summed E-state index contributed by atoms with van der Waals surface area (Å²) in [6, 6.07) is 9.78. The van der Waals surface area contributed by atoms with Gasteiger partial charge < -0.3 is 9.15 Å². The van der Waals surface area contributed by atoms with Crippen molar-refractivity contribution in [1.29, 1.82) is 0 Å². The van der Waals surface area contributed by atoms with E-state index in [1.807, 2.05) is 0 Å². The van der Waals surface area contributed by atoms with Crippen LogP contribution in [0, 0.1) is 11.6 Å². The molecular formula is C18H11F2NO4. The molecule has 0 radical (unpaired) electrons. The van der Waals surface area contributed by atoms with E-state index in [-0.39, 0.29) is 11.5 Å². The molecule has 0 aliphatic carbocycles. The Kier molecular flexibility index (Phi) is 4.65. The van der Waals surface area contributed by atoms with Crippen molar-refractivity contribution in [1.82, 2.24) is 4.98 Å². The molecule has 1 heterocycles. The zero-order valence-corrected chi connectivity index (χ0v) is 12.7. The molecule has 25 heavy (non-hydrogen) atoms. The minimum Gasteiger partial charge on any atom is -0.454 e. The van der Waals surface area contributed by atoms with E-state index in [1.54, 1.807) is 24.3 Å². The molecule has 0 amide bonds. The van der Waals surface area contributed by atoms with E-state index in [0.29, 0.717) is 11.1 Å². The lowest BCUT2D eigenvalue weighted by Crippen LogP contribution is -2.13. The maximum atomic E-state index is 13.1. The number of rotatable bonds is 5. The number of fused-ring (bicyclic) bond motifs is 1. The van der Waals surface area contributed by atoms with Crippen molar-refractivity contribution < 1.29 is 27.5 Å². The molecule has 0 unspecified atom stereocenters. The van der Waals surface area contributed by atoms with Gasteiger partial charge in [0.15, 0.2) is 29.6 Å². The molecule has 0 aliphatic heterocycles. The van der Waals surface area contributed by atoms with Gasteiger partial charge >= 0.3 is 5.97 Å². The van der Waals surface area contributed by atoms with Crippen molar-refractivity contribution in [3.63, 3.8) is 0 Å². The molecule has 0 fully saturated rings. The second-order valence-corrected chi connectivity index (χ2v) is 5.01. The van der Waals surface area contributed by atoms with E-state index in [2.05, 4.69) is 4.98 Å². The smallest absolute Gasteiger partial charge is 0.331 e. The van der Waals surface area contributed by atoms with Gasteiger partial charge in [-0.1, -0.05) is 12.1 Å². The Morgan fingerprint density at radius 3 is 2.68 bits per heavy atom. The molecule has 1 aromatic heterocycles. The van der Waals surface area contributed by atoms with Crippen LogP contribution in [0.25, 0.3) is 17.2 Å². The standard InChI is InChI=1S/C18H11F2NO4/c19-12-6-5-11(9-13(12)20)15(22)10-24-18(23)8-7-17-21-14-3-1-2-4-16(14)25-17/h1-9H,10H2/b8-7+. The topological polar surface area (TPSA) is 69.4 Å². The molecule has 2 aromatic carbocycles. The third-order valence-corrected chi connectivity index (χ3v) is 3.26. The summed E-state index contributed by atoms with van der Waals surface area (Å²) in [5, 5.41) is 0. The molecule has 0 N–H and O–H groups in total. The first-order valence-electron chi connectivity index (χ1n) is 7.21. The van der Waals surface area contributed by atoms with Crippen molar-refractivity contribution in [3.8, 4) is 0 Å². The summed E-state index contributed by atoms with van der Waals surface area (Å²) < 4.78 is 36.0. The van der Waals surface area contributed by atoms with Crippen molar-refractivity contribution >= 4 is 28.9 Å². The second-order valence-electron chi connectivity index (χ2n) is 5.01. The summed E-state index contributed by atoms with van der Waals surface area (Å²) in [5.41, 5.74) is 1.13. The molecule has 0 saturated carbocycles. The second kappa shape index (κ2) is 7.04. The zero-order valence-electron chi connectivity index (χ0n) is 12.7. The fourth-order valence-electron chi connectivity index (χ4n) is 2.04. The lowest BCUT2D eigenvalue weighted by atomic mass is 10.1. The number of oxazole rings is 1. The number of esters is 1. The number of Topliss-reactive ketones (excluding diaryl/α,β-unsaturated/α-hetero) is 1. The van der Waals surface area contributed by atoms with Crippen molar-refractivity contribution in [2.45, 2.75) is 0 Å². The van der Waals surface area contributed by atoms with Gasteiger partial charge in [0.1, 0.15) is 5.52 Å². The molecular weight excluding hydrogens is 332 g/mol. The van der Waals surface area contributed by atoms with E-state index >= 15 is 0 Å². The molecule has 5 nitrogen and oxygen atoms in total. The maximum absolute atomic E-state index is 13.1. The van der Waals surface area contributed by atoms with Gasteiger partial charge in [0.25, 0.3) is 0 Å². The van der Waals surface area contributed by atoms with Crippen LogP contribution in [0.1, 0.15) is 16.2 Å². The number of hydrogen-bond acceptors (Lipinski definition) is 5. The molecule has 126 valence electrons. The van der Waals surface area contributed by atoms with Crippen molar-refractivity contribution in [3.05, 3.63) is 71.6 Å². The van der Waals surface area contributed by atoms with E-state index < -0.39 is 30.0 Å². The van der Waals surface area contributed by atoms with E-state index in [9.17, 15) is 18.4 Å². The highest BCUT2D eigenvalue weighted by atomic mass is 19.2. The highest BCUT2D eigenvalue weighted by Gasteiger charge is 2.12. The first-order valence-corrected chi connectivity index (χ1v) is 7.21. The van der Waals surface area contributed by atoms with E-state index in [1.165, 1.54) is 6.08 Å². The largest absolute Gasteiger partial charge is 0.454 e. The Morgan fingerprint density at radius 2 is 1.92 bits per heavy atom. The van der Waals surface area contributed by atoms with Crippen LogP contribution < -0.4 is 0 Å². The van der Waals surface area contributed by atoms with Gasteiger partial charge in [-0.25, -0.2) is 18.6 Å². The summed E-state index contributed by atoms with van der Waals surface area (Å²) in [5.74, 6) is -3.44. The van der Waals surface area contributed by atoms with Crippen LogP contribution in [0.15, 0.2) is 53.0 Å². The average Bonchev–Trinajstić information content (AvgIpc) is 3.03. The van der Waals surface area contributed by atoms with Gasteiger partial charge in [0, 0.05) is 17.7 Å². The highest BCUT2D eigenvalue weighted by Crippen LogP contribution is 2.15. The number of ketones is 1. The van der Waals surface area contributed by atoms with Crippen LogP contribution >= 0.6 is 0 Å². The van der Waals surface area contributed by atoms with Crippen molar-refractivity contribution in [2.24, 2.45) is 0 Å². The number of carbonyl (C=O) groups is 2. The number of ether oxygens (including phenoxy) is 1. The average molecular weight is 343 g/mol. The van der Waals surface area contributed by atoms with E-state index in [0.717, 1.165) is 24.3 Å². The van der Waals surface area contributed by atoms with Crippen LogP contribution in [0.4, 0.5) is 8.78 Å². The summed E-state index contributed by atoms with van der Waals surface area (Å²) in [7, 11) is 0. The number of para-hydroxylation sites is 2. The fourth-order valence-corrected chi connectivity index (χ4v) is 2.04. The number of aromatic nitrogens is 1. The zero-order chi connectivity index (χ0) is 17.8. The Labute approximate surface area is 140 Å². The lowest BCUT2D eigenvalue weighted by molar-refractivity contribution is -0.136. The Morgan fingerprint density at radius 1 is 1.12 bits per heavy atom. The Bertz CT molecular complexity index is 945. The molecule has 3 rings (SSSR count). The first kappa shape index (κ1) is 16.5. The minimum atomic E-state index is -1.15. The predicted octanol–water partition coefficient (Wildman–Crippen LogP) is 3.55. The normalized spacial score (nSPS) is 11.1. The van der Waals surface area contributed by atoms with E-state index in [4.69, 9.17) is 9.15 Å². The third kappa shape index (κ3) is 3.95. The van der Waals surface area contributed by atoms with Gasteiger partial charge in [-0.3, -0.25) is 4.79 Å². The van der Waals surface area contributed by atoms with Crippen molar-refractivity contribution in [2.75, 3.05) is 6.61 Å². The van der Waals surface area contributed by atoms with Crippen LogP contribution in [0.2, 0.25) is 0 Å². The maximum Gasteiger partial charge on any atom is 0.331 e. The first-order chi connectivity index (χ1) is 12.0. The van der Waals surface area contributed by atoms with Crippen LogP contribution in [-0.2, 0) is 9.53 Å². The molecule has 3 aromatic rings. The summed E-state index contributed by atoms with van der Waals surface area (Å²) in [6.07, 6.45) is 2.37. The van der Waals surface area contributed by atoms with Crippen LogP contribution in [0.3, 0.4) is 0 Å². The quantitative estimate of drug-likeness (QED) is 0.403. The number of nitrogens with zero attached hydrogens (tertiary/aromatic N) is 1. The lowest BCUT2D eigenvalue weighted by Gasteiger charge is -2.02. The molecule has 0 atom stereocenters. The molecule has 0 bridgehead atoms. The predicted molar refractivity (Wildman–Crippen MR) is 84.7 cm³/mol. The summed E-state index contributed by atoms with van der Waals surface area (Å²) >= 11 is 0. The number of carbonyl (C=O) groups excluding carboxylic acids is 2. The summed E-state index contributed by atoms with van der Waals surface area (Å²) in [6.45, 7) is -0.595. The highest BCUT2D eigenvalue weighted by molar-refractivity contribution is 5.98. The SMILES string of the molecule is O=C(/C=C/c1nc2ccccc2o1)OCC(=O)c1ccc(F)c(F)c1. The number of halogens is 2. The molecule has 7 heteroatoms. The Balaban J connectivity index is 1.58. The van der Waals surface area contributed by atoms with Crippen LogP contribution in [-0.4, -0.2) is 23.3 Å². The summed E-state index contributed by atoms with van der Waals surface area (Å²) in [4.78, 5) is 27.5. The van der Waals surface area contributed by atoms with Gasteiger partial charge in [-0.15, -0.1) is 0 Å². The van der Waals surface area contributed by atoms with Gasteiger partial charge in [-0.05, 0) is 30.3 Å².